The molecule has 1 N–H and O–H groups in total. The third kappa shape index (κ3) is 5.06. The fraction of sp³-hybridized carbons (Fsp3) is 0.588. The lowest BCUT2D eigenvalue weighted by molar-refractivity contribution is -0.0512. The number of rotatable bonds is 7. The summed E-state index contributed by atoms with van der Waals surface area (Å²) in [5.74, 6) is -0.205. The molecular weight excluding hydrogens is 318 g/mol. The Hall–Kier alpha value is -1.89. The van der Waals surface area contributed by atoms with E-state index in [0.717, 1.165) is 38.9 Å². The first-order chi connectivity index (χ1) is 11.5. The first-order valence-electron chi connectivity index (χ1n) is 8.19. The van der Waals surface area contributed by atoms with E-state index in [1.54, 1.807) is 0 Å². The summed E-state index contributed by atoms with van der Waals surface area (Å²) in [6, 6.07) is 4.33. The number of methoxy groups -OCH3 is 1. The van der Waals surface area contributed by atoms with E-state index in [-0.39, 0.29) is 23.4 Å². The van der Waals surface area contributed by atoms with E-state index in [0.29, 0.717) is 5.56 Å². The largest absolute Gasteiger partial charge is 0.493 e. The van der Waals surface area contributed by atoms with Gasteiger partial charge < -0.3 is 19.7 Å². The molecule has 134 valence electrons. The molecule has 5 nitrogen and oxygen atoms in total. The molecule has 1 aliphatic heterocycles. The molecule has 0 bridgehead atoms. The lowest BCUT2D eigenvalue weighted by atomic mass is 10.0. The number of ether oxygens (including phenoxy) is 2. The standard InChI is InChI=1S/C17H24F2N2O3/c1-3-8-21-9-6-13(7-10-21)20-16(22)12-4-5-14(24-17(18)19)15(11-12)23-2/h4-5,11,13,17H,3,6-10H2,1-2H3,(H,20,22). The van der Waals surface area contributed by atoms with Crippen LogP contribution < -0.4 is 14.8 Å². The highest BCUT2D eigenvalue weighted by Gasteiger charge is 2.21. The Morgan fingerprint density at radius 2 is 2.04 bits per heavy atom. The van der Waals surface area contributed by atoms with E-state index in [9.17, 15) is 13.6 Å². The summed E-state index contributed by atoms with van der Waals surface area (Å²) in [6.45, 7) is 2.26. The first-order valence-corrected chi connectivity index (χ1v) is 8.19. The number of hydrogen-bond donors (Lipinski definition) is 1. The Labute approximate surface area is 140 Å². The number of halogens is 2. The van der Waals surface area contributed by atoms with Gasteiger partial charge in [0.1, 0.15) is 0 Å². The SMILES string of the molecule is CCCN1CCC(NC(=O)c2ccc(OC(F)F)c(OC)c2)CC1. The third-order valence-corrected chi connectivity index (χ3v) is 4.10. The zero-order valence-electron chi connectivity index (χ0n) is 14.1. The zero-order valence-corrected chi connectivity index (χ0v) is 14.1. The Balaban J connectivity index is 1.95. The summed E-state index contributed by atoms with van der Waals surface area (Å²) in [4.78, 5) is 14.7. The summed E-state index contributed by atoms with van der Waals surface area (Å²) in [5, 5.41) is 3.00. The van der Waals surface area contributed by atoms with Crippen LogP contribution in [-0.4, -0.2) is 50.2 Å². The maximum Gasteiger partial charge on any atom is 0.387 e. The Bertz CT molecular complexity index is 547. The van der Waals surface area contributed by atoms with Crippen molar-refractivity contribution in [3.05, 3.63) is 23.8 Å². The molecule has 0 saturated carbocycles. The van der Waals surface area contributed by atoms with Crippen LogP contribution >= 0.6 is 0 Å². The second-order valence-corrected chi connectivity index (χ2v) is 5.83. The van der Waals surface area contributed by atoms with Gasteiger partial charge in [-0.05, 0) is 44.0 Å². The number of benzene rings is 1. The summed E-state index contributed by atoms with van der Waals surface area (Å²) < 4.78 is 34.0. The molecule has 1 amide bonds. The number of piperidine rings is 1. The summed E-state index contributed by atoms with van der Waals surface area (Å²) in [7, 11) is 1.35. The number of carbonyl (C=O) groups excluding carboxylic acids is 1. The summed E-state index contributed by atoms with van der Waals surface area (Å²) in [6.07, 6.45) is 2.95. The van der Waals surface area contributed by atoms with Crippen molar-refractivity contribution in [2.24, 2.45) is 0 Å². The van der Waals surface area contributed by atoms with Crippen molar-refractivity contribution in [2.75, 3.05) is 26.7 Å². The van der Waals surface area contributed by atoms with Gasteiger partial charge in [-0.15, -0.1) is 0 Å². The highest BCUT2D eigenvalue weighted by atomic mass is 19.3. The van der Waals surface area contributed by atoms with Crippen molar-refractivity contribution in [1.82, 2.24) is 10.2 Å². The molecule has 1 fully saturated rings. The molecule has 1 aliphatic rings. The number of alkyl halides is 2. The molecule has 0 aromatic heterocycles. The third-order valence-electron chi connectivity index (χ3n) is 4.10. The van der Waals surface area contributed by atoms with Crippen LogP contribution in [0.5, 0.6) is 11.5 Å². The normalized spacial score (nSPS) is 16.2. The number of likely N-dealkylation sites (tertiary alicyclic amines) is 1. The van der Waals surface area contributed by atoms with Crippen LogP contribution in [-0.2, 0) is 0 Å². The van der Waals surface area contributed by atoms with Gasteiger partial charge in [0.15, 0.2) is 11.5 Å². The number of hydrogen-bond acceptors (Lipinski definition) is 4. The number of carbonyl (C=O) groups is 1. The zero-order chi connectivity index (χ0) is 17.5. The van der Waals surface area contributed by atoms with E-state index in [2.05, 4.69) is 21.9 Å². The number of nitrogens with zero attached hydrogens (tertiary/aromatic N) is 1. The lowest BCUT2D eigenvalue weighted by Crippen LogP contribution is -2.44. The van der Waals surface area contributed by atoms with Gasteiger partial charge in [0.25, 0.3) is 5.91 Å². The molecule has 1 heterocycles. The summed E-state index contributed by atoms with van der Waals surface area (Å²) in [5.41, 5.74) is 0.365. The van der Waals surface area contributed by atoms with Crippen LogP contribution in [0.25, 0.3) is 0 Å². The highest BCUT2D eigenvalue weighted by molar-refractivity contribution is 5.95. The van der Waals surface area contributed by atoms with Crippen molar-refractivity contribution in [3.8, 4) is 11.5 Å². The minimum atomic E-state index is -2.94. The monoisotopic (exact) mass is 342 g/mol. The maximum atomic E-state index is 12.4. The van der Waals surface area contributed by atoms with E-state index >= 15 is 0 Å². The van der Waals surface area contributed by atoms with E-state index in [4.69, 9.17) is 4.74 Å². The second kappa shape index (κ2) is 8.82. The molecule has 0 atom stereocenters. The van der Waals surface area contributed by atoms with Gasteiger partial charge in [-0.2, -0.15) is 8.78 Å². The van der Waals surface area contributed by atoms with Gasteiger partial charge in [0.05, 0.1) is 7.11 Å². The van der Waals surface area contributed by atoms with Gasteiger partial charge in [0, 0.05) is 24.7 Å². The smallest absolute Gasteiger partial charge is 0.387 e. The van der Waals surface area contributed by atoms with Crippen molar-refractivity contribution in [1.29, 1.82) is 0 Å². The lowest BCUT2D eigenvalue weighted by Gasteiger charge is -2.32. The van der Waals surface area contributed by atoms with Crippen LogP contribution in [0.3, 0.4) is 0 Å². The van der Waals surface area contributed by atoms with Gasteiger partial charge in [-0.1, -0.05) is 6.92 Å². The van der Waals surface area contributed by atoms with Crippen molar-refractivity contribution < 1.29 is 23.0 Å². The van der Waals surface area contributed by atoms with Crippen LogP contribution in [0, 0.1) is 0 Å². The molecular formula is C17H24F2N2O3. The molecule has 0 spiro atoms. The van der Waals surface area contributed by atoms with Crippen LogP contribution in [0.2, 0.25) is 0 Å². The fourth-order valence-electron chi connectivity index (χ4n) is 2.89. The average Bonchev–Trinajstić information content (AvgIpc) is 2.56. The Morgan fingerprint density at radius 1 is 1.33 bits per heavy atom. The van der Waals surface area contributed by atoms with Gasteiger partial charge in [0.2, 0.25) is 0 Å². The molecule has 1 aromatic carbocycles. The number of amides is 1. The van der Waals surface area contributed by atoms with Crippen molar-refractivity contribution >= 4 is 5.91 Å². The van der Waals surface area contributed by atoms with Crippen LogP contribution in [0.4, 0.5) is 8.78 Å². The van der Waals surface area contributed by atoms with Gasteiger partial charge in [-0.3, -0.25) is 4.79 Å². The minimum Gasteiger partial charge on any atom is -0.493 e. The van der Waals surface area contributed by atoms with Crippen molar-refractivity contribution in [3.63, 3.8) is 0 Å². The molecule has 1 saturated heterocycles. The highest BCUT2D eigenvalue weighted by Crippen LogP contribution is 2.29. The topological polar surface area (TPSA) is 50.8 Å². The Morgan fingerprint density at radius 3 is 2.62 bits per heavy atom. The number of nitrogens with one attached hydrogen (secondary N) is 1. The predicted molar refractivity (Wildman–Crippen MR) is 86.8 cm³/mol. The predicted octanol–water partition coefficient (Wildman–Crippen LogP) is 2.90. The molecule has 0 aliphatic carbocycles. The first kappa shape index (κ1) is 18.4. The molecule has 0 unspecified atom stereocenters. The molecule has 7 heteroatoms. The molecule has 1 aromatic rings. The Kier molecular flexibility index (Phi) is 6.78. The molecule has 24 heavy (non-hydrogen) atoms. The molecule has 0 radical (unpaired) electrons. The van der Waals surface area contributed by atoms with E-state index < -0.39 is 6.61 Å². The second-order valence-electron chi connectivity index (χ2n) is 5.83. The maximum absolute atomic E-state index is 12.4. The van der Waals surface area contributed by atoms with Crippen LogP contribution in [0.15, 0.2) is 18.2 Å². The average molecular weight is 342 g/mol. The fourth-order valence-corrected chi connectivity index (χ4v) is 2.89. The van der Waals surface area contributed by atoms with Crippen LogP contribution in [0.1, 0.15) is 36.5 Å². The minimum absolute atomic E-state index is 0.0862. The quantitative estimate of drug-likeness (QED) is 0.828. The molecule has 2 rings (SSSR count). The van der Waals surface area contributed by atoms with Gasteiger partial charge in [-0.25, -0.2) is 0 Å². The van der Waals surface area contributed by atoms with Gasteiger partial charge >= 0.3 is 6.61 Å². The van der Waals surface area contributed by atoms with Crippen molar-refractivity contribution in [2.45, 2.75) is 38.8 Å². The van der Waals surface area contributed by atoms with E-state index in [1.807, 2.05) is 0 Å². The van der Waals surface area contributed by atoms with E-state index in [1.165, 1.54) is 25.3 Å². The summed E-state index contributed by atoms with van der Waals surface area (Å²) >= 11 is 0.